The Labute approximate surface area is 79.0 Å². The number of hydrogen-bond donors (Lipinski definition) is 0. The summed E-state index contributed by atoms with van der Waals surface area (Å²) < 4.78 is 2.06. The van der Waals surface area contributed by atoms with Crippen molar-refractivity contribution in [2.75, 3.05) is 0 Å². The van der Waals surface area contributed by atoms with Crippen molar-refractivity contribution in [2.45, 2.75) is 33.1 Å². The van der Waals surface area contributed by atoms with Crippen molar-refractivity contribution in [1.82, 2.24) is 9.55 Å². The van der Waals surface area contributed by atoms with Crippen LogP contribution in [0, 0.1) is 25.2 Å². The molecule has 1 unspecified atom stereocenters. The standard InChI is InChI=1S/C10H15N3/c1-7(5-6-11)10-8(2)13(4)9(3)12-10/h7H,5H2,1-4H3. The van der Waals surface area contributed by atoms with E-state index in [9.17, 15) is 0 Å². The largest absolute Gasteiger partial charge is 0.335 e. The van der Waals surface area contributed by atoms with Crippen LogP contribution in [0.15, 0.2) is 0 Å². The molecule has 1 rings (SSSR count). The zero-order valence-corrected chi connectivity index (χ0v) is 8.63. The van der Waals surface area contributed by atoms with Crippen LogP contribution in [0.25, 0.3) is 0 Å². The van der Waals surface area contributed by atoms with Gasteiger partial charge in [0.05, 0.1) is 11.8 Å². The highest BCUT2D eigenvalue weighted by atomic mass is 15.1. The van der Waals surface area contributed by atoms with E-state index >= 15 is 0 Å². The average molecular weight is 177 g/mol. The Kier molecular flexibility index (Phi) is 2.72. The van der Waals surface area contributed by atoms with E-state index in [4.69, 9.17) is 5.26 Å². The van der Waals surface area contributed by atoms with Crippen molar-refractivity contribution in [3.63, 3.8) is 0 Å². The lowest BCUT2D eigenvalue weighted by molar-refractivity contribution is 0.749. The molecule has 1 heterocycles. The molecule has 3 heteroatoms. The smallest absolute Gasteiger partial charge is 0.105 e. The van der Waals surface area contributed by atoms with Gasteiger partial charge in [0.25, 0.3) is 0 Å². The van der Waals surface area contributed by atoms with E-state index in [0.717, 1.165) is 11.5 Å². The molecule has 0 aromatic carbocycles. The first-order valence-electron chi connectivity index (χ1n) is 4.44. The molecule has 1 atom stereocenters. The molecule has 70 valence electrons. The maximum absolute atomic E-state index is 8.58. The third-order valence-electron chi connectivity index (χ3n) is 2.51. The minimum absolute atomic E-state index is 0.241. The Morgan fingerprint density at radius 3 is 2.54 bits per heavy atom. The van der Waals surface area contributed by atoms with E-state index in [1.54, 1.807) is 0 Å². The van der Waals surface area contributed by atoms with E-state index in [1.807, 2.05) is 27.8 Å². The van der Waals surface area contributed by atoms with Crippen LogP contribution in [0.5, 0.6) is 0 Å². The van der Waals surface area contributed by atoms with Gasteiger partial charge in [-0.15, -0.1) is 0 Å². The Balaban J connectivity index is 3.02. The second-order valence-corrected chi connectivity index (χ2v) is 3.45. The van der Waals surface area contributed by atoms with Gasteiger partial charge in [-0.25, -0.2) is 4.98 Å². The molecule has 0 saturated heterocycles. The fraction of sp³-hybridized carbons (Fsp3) is 0.600. The highest BCUT2D eigenvalue weighted by Crippen LogP contribution is 2.21. The first kappa shape index (κ1) is 9.79. The van der Waals surface area contributed by atoms with Gasteiger partial charge in [0.1, 0.15) is 5.82 Å². The third kappa shape index (κ3) is 1.72. The molecule has 13 heavy (non-hydrogen) atoms. The fourth-order valence-electron chi connectivity index (χ4n) is 1.45. The molecule has 0 saturated carbocycles. The number of hydrogen-bond acceptors (Lipinski definition) is 2. The lowest BCUT2D eigenvalue weighted by Gasteiger charge is -2.04. The van der Waals surface area contributed by atoms with E-state index < -0.39 is 0 Å². The summed E-state index contributed by atoms with van der Waals surface area (Å²) in [6, 6.07) is 2.17. The van der Waals surface area contributed by atoms with E-state index in [1.165, 1.54) is 5.69 Å². The minimum atomic E-state index is 0.241. The SMILES string of the molecule is Cc1nc(C(C)CC#N)c(C)n1C. The van der Waals surface area contributed by atoms with Gasteiger partial charge in [-0.3, -0.25) is 0 Å². The summed E-state index contributed by atoms with van der Waals surface area (Å²) in [5, 5.41) is 8.58. The van der Waals surface area contributed by atoms with Crippen LogP contribution in [0.3, 0.4) is 0 Å². The number of nitriles is 1. The minimum Gasteiger partial charge on any atom is -0.335 e. The molecule has 0 aliphatic heterocycles. The highest BCUT2D eigenvalue weighted by molar-refractivity contribution is 5.19. The van der Waals surface area contributed by atoms with Crippen LogP contribution in [0.2, 0.25) is 0 Å². The van der Waals surface area contributed by atoms with E-state index in [-0.39, 0.29) is 5.92 Å². The maximum atomic E-state index is 8.58. The molecule has 0 amide bonds. The van der Waals surface area contributed by atoms with Crippen LogP contribution < -0.4 is 0 Å². The van der Waals surface area contributed by atoms with Gasteiger partial charge in [0, 0.05) is 25.1 Å². The summed E-state index contributed by atoms with van der Waals surface area (Å²) >= 11 is 0. The van der Waals surface area contributed by atoms with Crippen LogP contribution in [0.1, 0.15) is 36.5 Å². The highest BCUT2D eigenvalue weighted by Gasteiger charge is 2.14. The predicted molar refractivity (Wildman–Crippen MR) is 51.3 cm³/mol. The molecule has 0 fully saturated rings. The van der Waals surface area contributed by atoms with Gasteiger partial charge in [0.15, 0.2) is 0 Å². The molecule has 3 nitrogen and oxygen atoms in total. The predicted octanol–water partition coefficient (Wildman–Crippen LogP) is 2.05. The van der Waals surface area contributed by atoms with Crippen molar-refractivity contribution >= 4 is 0 Å². The van der Waals surface area contributed by atoms with Gasteiger partial charge in [0.2, 0.25) is 0 Å². The number of nitrogens with zero attached hydrogens (tertiary/aromatic N) is 3. The second-order valence-electron chi connectivity index (χ2n) is 3.45. The first-order valence-corrected chi connectivity index (χ1v) is 4.44. The van der Waals surface area contributed by atoms with Crippen LogP contribution in [0.4, 0.5) is 0 Å². The molecular weight excluding hydrogens is 162 g/mol. The van der Waals surface area contributed by atoms with Crippen molar-refractivity contribution in [3.05, 3.63) is 17.2 Å². The molecular formula is C10H15N3. The summed E-state index contributed by atoms with van der Waals surface area (Å²) in [7, 11) is 2.00. The number of rotatable bonds is 2. The summed E-state index contributed by atoms with van der Waals surface area (Å²) in [5.74, 6) is 1.25. The lowest BCUT2D eigenvalue weighted by atomic mass is 10.0. The van der Waals surface area contributed by atoms with Gasteiger partial charge >= 0.3 is 0 Å². The Morgan fingerprint density at radius 1 is 1.54 bits per heavy atom. The van der Waals surface area contributed by atoms with Crippen LogP contribution >= 0.6 is 0 Å². The third-order valence-corrected chi connectivity index (χ3v) is 2.51. The Bertz CT molecular complexity index is 344. The van der Waals surface area contributed by atoms with Crippen molar-refractivity contribution in [3.8, 4) is 6.07 Å². The average Bonchev–Trinajstić information content (AvgIpc) is 2.33. The summed E-state index contributed by atoms with van der Waals surface area (Å²) in [5.41, 5.74) is 2.22. The van der Waals surface area contributed by atoms with Gasteiger partial charge < -0.3 is 4.57 Å². The molecule has 1 aromatic heterocycles. The molecule has 0 aliphatic carbocycles. The fourth-order valence-corrected chi connectivity index (χ4v) is 1.45. The summed E-state index contributed by atoms with van der Waals surface area (Å²) in [4.78, 5) is 4.44. The van der Waals surface area contributed by atoms with E-state index in [2.05, 4.69) is 15.6 Å². The molecule has 0 N–H and O–H groups in total. The second kappa shape index (κ2) is 3.61. The Morgan fingerprint density at radius 2 is 2.15 bits per heavy atom. The zero-order chi connectivity index (χ0) is 10.0. The number of aryl methyl sites for hydroxylation is 1. The maximum Gasteiger partial charge on any atom is 0.105 e. The zero-order valence-electron chi connectivity index (χ0n) is 8.63. The van der Waals surface area contributed by atoms with Gasteiger partial charge in [-0.2, -0.15) is 5.26 Å². The topological polar surface area (TPSA) is 41.6 Å². The van der Waals surface area contributed by atoms with Crippen molar-refractivity contribution in [1.29, 1.82) is 5.26 Å². The first-order chi connectivity index (χ1) is 6.07. The van der Waals surface area contributed by atoms with Crippen LogP contribution in [-0.2, 0) is 7.05 Å². The van der Waals surface area contributed by atoms with Crippen molar-refractivity contribution in [2.24, 2.45) is 7.05 Å². The normalized spacial score (nSPS) is 12.5. The van der Waals surface area contributed by atoms with Gasteiger partial charge in [-0.05, 0) is 13.8 Å². The monoisotopic (exact) mass is 177 g/mol. The molecule has 0 bridgehead atoms. The molecule has 0 radical (unpaired) electrons. The molecule has 0 aliphatic rings. The number of imidazole rings is 1. The van der Waals surface area contributed by atoms with Gasteiger partial charge in [-0.1, -0.05) is 6.92 Å². The number of aromatic nitrogens is 2. The lowest BCUT2D eigenvalue weighted by Crippen LogP contribution is -1.97. The van der Waals surface area contributed by atoms with Crippen molar-refractivity contribution < 1.29 is 0 Å². The van der Waals surface area contributed by atoms with Crippen LogP contribution in [-0.4, -0.2) is 9.55 Å². The summed E-state index contributed by atoms with van der Waals surface area (Å²) in [6.07, 6.45) is 0.539. The Hall–Kier alpha value is -1.30. The quantitative estimate of drug-likeness (QED) is 0.693. The molecule has 0 spiro atoms. The molecule has 1 aromatic rings. The summed E-state index contributed by atoms with van der Waals surface area (Å²) in [6.45, 7) is 6.07. The van der Waals surface area contributed by atoms with E-state index in [0.29, 0.717) is 6.42 Å².